The van der Waals surface area contributed by atoms with Gasteiger partial charge in [-0.3, -0.25) is 4.79 Å². The zero-order valence-electron chi connectivity index (χ0n) is 12.4. The van der Waals surface area contributed by atoms with Gasteiger partial charge >= 0.3 is 5.97 Å². The van der Waals surface area contributed by atoms with Crippen LogP contribution in [0.2, 0.25) is 0 Å². The van der Waals surface area contributed by atoms with Crippen molar-refractivity contribution in [3.63, 3.8) is 0 Å². The van der Waals surface area contributed by atoms with Crippen LogP contribution in [0, 0.1) is 11.6 Å². The zero-order valence-corrected chi connectivity index (χ0v) is 12.4. The summed E-state index contributed by atoms with van der Waals surface area (Å²) in [7, 11) is 0. The topological polar surface area (TPSA) is 55.4 Å². The molecule has 120 valence electrons. The molecule has 0 aliphatic heterocycles. The first kappa shape index (κ1) is 16.6. The molecule has 1 amide bonds. The average molecular weight is 319 g/mol. The molecule has 0 fully saturated rings. The smallest absolute Gasteiger partial charge is 0.338 e. The predicted octanol–water partition coefficient (Wildman–Crippen LogP) is 2.96. The van der Waals surface area contributed by atoms with E-state index in [1.54, 1.807) is 24.3 Å². The van der Waals surface area contributed by atoms with Crippen molar-refractivity contribution in [1.29, 1.82) is 0 Å². The molecule has 0 atom stereocenters. The van der Waals surface area contributed by atoms with Crippen LogP contribution in [-0.2, 0) is 22.7 Å². The Morgan fingerprint density at radius 3 is 2.43 bits per heavy atom. The monoisotopic (exact) mass is 319 g/mol. The molecule has 0 aliphatic carbocycles. The lowest BCUT2D eigenvalue weighted by molar-refractivity contribution is -0.119. The highest BCUT2D eigenvalue weighted by Gasteiger charge is 2.11. The van der Waals surface area contributed by atoms with Crippen molar-refractivity contribution >= 4 is 11.9 Å². The number of nitrogens with one attached hydrogen (secondary N) is 1. The lowest BCUT2D eigenvalue weighted by atomic mass is 10.1. The van der Waals surface area contributed by atoms with Crippen LogP contribution in [0.5, 0.6) is 0 Å². The average Bonchev–Trinajstić information content (AvgIpc) is 2.54. The summed E-state index contributed by atoms with van der Waals surface area (Å²) in [6, 6.07) is 10.1. The third-order valence-corrected chi connectivity index (χ3v) is 3.12. The Labute approximate surface area is 132 Å². The standard InChI is InChI=1S/C17H15F2NO3/c1-11(21)20-9-12-5-7-13(8-6-12)17(22)23-10-14-3-2-4-15(18)16(14)19/h2-8H,9-10H2,1H3,(H,20,21). The molecule has 6 heteroatoms. The van der Waals surface area contributed by atoms with Crippen LogP contribution in [0.3, 0.4) is 0 Å². The molecular weight excluding hydrogens is 304 g/mol. The number of hydrogen-bond acceptors (Lipinski definition) is 3. The van der Waals surface area contributed by atoms with Crippen LogP contribution in [-0.4, -0.2) is 11.9 Å². The van der Waals surface area contributed by atoms with Gasteiger partial charge in [0.05, 0.1) is 5.56 Å². The number of ether oxygens (including phenoxy) is 1. The fourth-order valence-corrected chi connectivity index (χ4v) is 1.87. The minimum atomic E-state index is -1.02. The van der Waals surface area contributed by atoms with E-state index in [0.717, 1.165) is 11.6 Å². The highest BCUT2D eigenvalue weighted by Crippen LogP contribution is 2.14. The first-order valence-electron chi connectivity index (χ1n) is 6.91. The van der Waals surface area contributed by atoms with Gasteiger partial charge < -0.3 is 10.1 Å². The number of rotatable bonds is 5. The minimum absolute atomic E-state index is 0.0272. The molecule has 23 heavy (non-hydrogen) atoms. The molecule has 0 bridgehead atoms. The van der Waals surface area contributed by atoms with Crippen molar-refractivity contribution < 1.29 is 23.1 Å². The Kier molecular flexibility index (Phi) is 5.41. The van der Waals surface area contributed by atoms with E-state index >= 15 is 0 Å². The van der Waals surface area contributed by atoms with Crippen LogP contribution in [0.15, 0.2) is 42.5 Å². The second kappa shape index (κ2) is 7.49. The molecule has 2 rings (SSSR count). The highest BCUT2D eigenvalue weighted by molar-refractivity contribution is 5.89. The van der Waals surface area contributed by atoms with E-state index in [2.05, 4.69) is 5.32 Å². The number of carbonyl (C=O) groups excluding carboxylic acids is 2. The molecular formula is C17H15F2NO3. The fourth-order valence-electron chi connectivity index (χ4n) is 1.87. The van der Waals surface area contributed by atoms with Crippen molar-refractivity contribution in [3.8, 4) is 0 Å². The summed E-state index contributed by atoms with van der Waals surface area (Å²) >= 11 is 0. The number of esters is 1. The van der Waals surface area contributed by atoms with Gasteiger partial charge in [-0.05, 0) is 23.8 Å². The maximum atomic E-state index is 13.5. The Morgan fingerprint density at radius 1 is 1.09 bits per heavy atom. The number of amides is 1. The van der Waals surface area contributed by atoms with Crippen LogP contribution in [0.4, 0.5) is 8.78 Å². The van der Waals surface area contributed by atoms with Gasteiger partial charge in [-0.2, -0.15) is 0 Å². The van der Waals surface area contributed by atoms with Gasteiger partial charge in [0.25, 0.3) is 0 Å². The molecule has 0 saturated carbocycles. The third-order valence-electron chi connectivity index (χ3n) is 3.12. The van der Waals surface area contributed by atoms with Crippen molar-refractivity contribution in [2.45, 2.75) is 20.1 Å². The van der Waals surface area contributed by atoms with Gasteiger partial charge in [-0.1, -0.05) is 24.3 Å². The molecule has 0 aromatic heterocycles. The number of benzene rings is 2. The van der Waals surface area contributed by atoms with Gasteiger partial charge in [-0.25, -0.2) is 13.6 Å². The van der Waals surface area contributed by atoms with E-state index in [4.69, 9.17) is 4.74 Å². The Bertz CT molecular complexity index is 714. The second-order valence-electron chi connectivity index (χ2n) is 4.90. The molecule has 0 heterocycles. The molecule has 2 aromatic rings. The van der Waals surface area contributed by atoms with Crippen LogP contribution >= 0.6 is 0 Å². The molecule has 1 N–H and O–H groups in total. The van der Waals surface area contributed by atoms with Gasteiger partial charge in [0, 0.05) is 19.0 Å². The molecule has 0 spiro atoms. The van der Waals surface area contributed by atoms with E-state index in [9.17, 15) is 18.4 Å². The quantitative estimate of drug-likeness (QED) is 0.862. The van der Waals surface area contributed by atoms with Gasteiger partial charge in [-0.15, -0.1) is 0 Å². The lowest BCUT2D eigenvalue weighted by Gasteiger charge is -2.07. The predicted molar refractivity (Wildman–Crippen MR) is 79.4 cm³/mol. The first-order chi connectivity index (χ1) is 11.0. The van der Waals surface area contributed by atoms with E-state index in [0.29, 0.717) is 6.54 Å². The minimum Gasteiger partial charge on any atom is -0.457 e. The Balaban J connectivity index is 1.95. The molecule has 0 unspecified atom stereocenters. The van der Waals surface area contributed by atoms with Crippen molar-refractivity contribution in [2.75, 3.05) is 0 Å². The maximum Gasteiger partial charge on any atom is 0.338 e. The van der Waals surface area contributed by atoms with Crippen LogP contribution < -0.4 is 5.32 Å². The summed E-state index contributed by atoms with van der Waals surface area (Å²) in [5.41, 5.74) is 1.09. The van der Waals surface area contributed by atoms with E-state index in [1.807, 2.05) is 0 Å². The van der Waals surface area contributed by atoms with Gasteiger partial charge in [0.15, 0.2) is 11.6 Å². The fraction of sp³-hybridized carbons (Fsp3) is 0.176. The van der Waals surface area contributed by atoms with Crippen LogP contribution in [0.25, 0.3) is 0 Å². The SMILES string of the molecule is CC(=O)NCc1ccc(C(=O)OCc2cccc(F)c2F)cc1. The van der Waals surface area contributed by atoms with E-state index in [1.165, 1.54) is 19.1 Å². The van der Waals surface area contributed by atoms with Crippen molar-refractivity contribution in [1.82, 2.24) is 5.32 Å². The number of hydrogen-bond donors (Lipinski definition) is 1. The maximum absolute atomic E-state index is 13.5. The Morgan fingerprint density at radius 2 is 1.78 bits per heavy atom. The largest absolute Gasteiger partial charge is 0.457 e. The molecule has 0 saturated heterocycles. The second-order valence-corrected chi connectivity index (χ2v) is 4.90. The van der Waals surface area contributed by atoms with E-state index < -0.39 is 17.6 Å². The van der Waals surface area contributed by atoms with Crippen molar-refractivity contribution in [2.24, 2.45) is 0 Å². The molecule has 0 aliphatic rings. The third kappa shape index (κ3) is 4.60. The molecule has 2 aromatic carbocycles. The highest BCUT2D eigenvalue weighted by atomic mass is 19.2. The van der Waals surface area contributed by atoms with Gasteiger partial charge in [0.1, 0.15) is 6.61 Å². The number of carbonyl (C=O) groups is 2. The summed E-state index contributed by atoms with van der Waals surface area (Å²) in [6.07, 6.45) is 0. The van der Waals surface area contributed by atoms with E-state index in [-0.39, 0.29) is 23.6 Å². The normalized spacial score (nSPS) is 10.2. The summed E-state index contributed by atoms with van der Waals surface area (Å²) in [4.78, 5) is 22.7. The first-order valence-corrected chi connectivity index (χ1v) is 6.91. The van der Waals surface area contributed by atoms with Crippen LogP contribution in [0.1, 0.15) is 28.4 Å². The summed E-state index contributed by atoms with van der Waals surface area (Å²) in [6.45, 7) is 1.42. The number of halogens is 2. The van der Waals surface area contributed by atoms with Gasteiger partial charge in [0.2, 0.25) is 5.91 Å². The zero-order chi connectivity index (χ0) is 16.8. The summed E-state index contributed by atoms with van der Waals surface area (Å²) in [5.74, 6) is -2.79. The molecule has 4 nitrogen and oxygen atoms in total. The Hall–Kier alpha value is -2.76. The lowest BCUT2D eigenvalue weighted by Crippen LogP contribution is -2.18. The summed E-state index contributed by atoms with van der Waals surface area (Å²) in [5, 5.41) is 2.64. The summed E-state index contributed by atoms with van der Waals surface area (Å²) < 4.78 is 31.5. The molecule has 0 radical (unpaired) electrons. The van der Waals surface area contributed by atoms with Crippen molar-refractivity contribution in [3.05, 3.63) is 70.8 Å².